The van der Waals surface area contributed by atoms with E-state index in [0.29, 0.717) is 55.1 Å². The van der Waals surface area contributed by atoms with Crippen LogP contribution in [0.2, 0.25) is 5.02 Å². The molecule has 2 aliphatic heterocycles. The van der Waals surface area contributed by atoms with E-state index in [9.17, 15) is 19.2 Å². The highest BCUT2D eigenvalue weighted by Gasteiger charge is 2.31. The number of fused-ring (bicyclic) bond motifs is 1. The van der Waals surface area contributed by atoms with Gasteiger partial charge in [0.15, 0.2) is 11.2 Å². The molecule has 47 heavy (non-hydrogen) atoms. The first-order chi connectivity index (χ1) is 22.7. The summed E-state index contributed by atoms with van der Waals surface area (Å²) < 4.78 is 5.87. The average Bonchev–Trinajstić information content (AvgIpc) is 3.48. The number of amides is 3. The molecule has 244 valence electrons. The first-order valence-electron chi connectivity index (χ1n) is 16.2. The van der Waals surface area contributed by atoms with Crippen molar-refractivity contribution in [3.63, 3.8) is 0 Å². The van der Waals surface area contributed by atoms with Crippen molar-refractivity contribution in [1.29, 1.82) is 0 Å². The molecule has 1 aromatic heterocycles. The van der Waals surface area contributed by atoms with Crippen molar-refractivity contribution >= 4 is 46.0 Å². The number of para-hydroxylation sites is 1. The number of halogens is 1. The van der Waals surface area contributed by atoms with Crippen molar-refractivity contribution < 1.29 is 18.8 Å². The van der Waals surface area contributed by atoms with Gasteiger partial charge in [0, 0.05) is 68.9 Å². The molecule has 2 saturated heterocycles. The lowest BCUT2D eigenvalue weighted by molar-refractivity contribution is -0.133. The Kier molecular flexibility index (Phi) is 9.63. The Bertz CT molecular complexity index is 1850. The van der Waals surface area contributed by atoms with Crippen LogP contribution in [0.25, 0.3) is 11.0 Å². The lowest BCUT2D eigenvalue weighted by Gasteiger charge is -2.38. The topological polar surface area (TPSA) is 103 Å². The van der Waals surface area contributed by atoms with Gasteiger partial charge in [-0.05, 0) is 59.4 Å². The van der Waals surface area contributed by atoms with Crippen LogP contribution in [-0.4, -0.2) is 66.3 Å². The molecule has 0 spiro atoms. The second-order valence-electron chi connectivity index (χ2n) is 12.6. The summed E-state index contributed by atoms with van der Waals surface area (Å²) in [7, 11) is 0. The molecule has 0 unspecified atom stereocenters. The van der Waals surface area contributed by atoms with Crippen molar-refractivity contribution in [2.24, 2.45) is 0 Å². The highest BCUT2D eigenvalue weighted by Crippen LogP contribution is 2.26. The first-order valence-corrected chi connectivity index (χ1v) is 16.6. The van der Waals surface area contributed by atoms with Crippen molar-refractivity contribution in [3.8, 4) is 0 Å². The molecular formula is C37H39ClN4O5. The number of benzene rings is 3. The third-order valence-corrected chi connectivity index (χ3v) is 9.31. The molecule has 3 aromatic carbocycles. The van der Waals surface area contributed by atoms with Gasteiger partial charge in [0.1, 0.15) is 11.6 Å². The fourth-order valence-corrected chi connectivity index (χ4v) is 6.47. The number of hydrogen-bond acceptors (Lipinski definition) is 6. The molecule has 3 heterocycles. The standard InChI is InChI=1S/C37H39ClN4O5/c1-24(2)26-11-14-33-29(21-26)32(43)22-34(47-33)36(45)39-30(20-25-9-12-28(38)13-10-25)37(46)41-18-16-40(17-19-41)31-7-4-3-6-27(31)23-42-15-5-8-35(42)44/h3-4,6-7,9-14,21-22,24,30H,5,8,15-20,23H2,1-2H3,(H,39,45)/t30-/m1/s1. The van der Waals surface area contributed by atoms with E-state index in [0.717, 1.165) is 35.3 Å². The van der Waals surface area contributed by atoms with Crippen LogP contribution >= 0.6 is 11.6 Å². The second-order valence-corrected chi connectivity index (χ2v) is 13.0. The van der Waals surface area contributed by atoms with E-state index in [2.05, 4.69) is 22.3 Å². The van der Waals surface area contributed by atoms with Gasteiger partial charge in [-0.25, -0.2) is 0 Å². The third kappa shape index (κ3) is 7.36. The van der Waals surface area contributed by atoms with E-state index in [1.54, 1.807) is 29.2 Å². The zero-order chi connectivity index (χ0) is 33.1. The van der Waals surface area contributed by atoms with Crippen molar-refractivity contribution in [1.82, 2.24) is 15.1 Å². The second kappa shape index (κ2) is 14.0. The molecule has 2 fully saturated rings. The Balaban J connectivity index is 1.18. The van der Waals surface area contributed by atoms with Crippen molar-refractivity contribution in [3.05, 3.63) is 110 Å². The molecule has 0 bridgehead atoms. The molecule has 0 saturated carbocycles. The van der Waals surface area contributed by atoms with Gasteiger partial charge in [-0.15, -0.1) is 0 Å². The highest BCUT2D eigenvalue weighted by molar-refractivity contribution is 6.30. The molecule has 10 heteroatoms. The van der Waals surface area contributed by atoms with E-state index < -0.39 is 11.9 Å². The molecule has 1 atom stereocenters. The van der Waals surface area contributed by atoms with Crippen LogP contribution in [0.5, 0.6) is 0 Å². The van der Waals surface area contributed by atoms with Crippen LogP contribution in [-0.2, 0) is 22.6 Å². The van der Waals surface area contributed by atoms with Crippen molar-refractivity contribution in [2.75, 3.05) is 37.6 Å². The van der Waals surface area contributed by atoms with E-state index >= 15 is 0 Å². The van der Waals surface area contributed by atoms with Crippen LogP contribution in [0.15, 0.2) is 82.0 Å². The van der Waals surface area contributed by atoms with Gasteiger partial charge in [0.05, 0.1) is 5.39 Å². The number of anilines is 1. The van der Waals surface area contributed by atoms with Crippen molar-refractivity contribution in [2.45, 2.75) is 51.6 Å². The summed E-state index contributed by atoms with van der Waals surface area (Å²) in [5.74, 6) is -0.570. The molecular weight excluding hydrogens is 616 g/mol. The van der Waals surface area contributed by atoms with Crippen LogP contribution in [0, 0.1) is 0 Å². The summed E-state index contributed by atoms with van der Waals surface area (Å²) in [6, 6.07) is 21.0. The molecule has 3 amide bonds. The number of hydrogen-bond donors (Lipinski definition) is 1. The Labute approximate surface area is 279 Å². The van der Waals surface area contributed by atoms with E-state index in [-0.39, 0.29) is 35.3 Å². The summed E-state index contributed by atoms with van der Waals surface area (Å²) in [5.41, 5.74) is 3.99. The molecule has 0 radical (unpaired) electrons. The minimum Gasteiger partial charge on any atom is -0.451 e. The summed E-state index contributed by atoms with van der Waals surface area (Å²) in [4.78, 5) is 58.8. The number of carbonyl (C=O) groups excluding carboxylic acids is 3. The summed E-state index contributed by atoms with van der Waals surface area (Å²) in [6.45, 7) is 7.58. The third-order valence-electron chi connectivity index (χ3n) is 9.05. The quantitative estimate of drug-likeness (QED) is 0.260. The lowest BCUT2D eigenvalue weighted by atomic mass is 10.0. The fourth-order valence-electron chi connectivity index (χ4n) is 6.35. The largest absolute Gasteiger partial charge is 0.451 e. The first kappa shape index (κ1) is 32.3. The minimum atomic E-state index is -0.895. The Morgan fingerprint density at radius 1 is 0.915 bits per heavy atom. The molecule has 9 nitrogen and oxygen atoms in total. The Morgan fingerprint density at radius 3 is 2.36 bits per heavy atom. The SMILES string of the molecule is CC(C)c1ccc2oc(C(=O)N[C@H](Cc3ccc(Cl)cc3)C(=O)N3CCN(c4ccccc4CN4CCCC4=O)CC3)cc(=O)c2c1. The van der Waals surface area contributed by atoms with E-state index in [4.69, 9.17) is 16.0 Å². The van der Waals surface area contributed by atoms with Crippen LogP contribution in [0.3, 0.4) is 0 Å². The van der Waals surface area contributed by atoms with Gasteiger partial charge >= 0.3 is 0 Å². The highest BCUT2D eigenvalue weighted by atomic mass is 35.5. The predicted molar refractivity (Wildman–Crippen MR) is 183 cm³/mol. The minimum absolute atomic E-state index is 0.147. The monoisotopic (exact) mass is 654 g/mol. The van der Waals surface area contributed by atoms with Crippen LogP contribution < -0.4 is 15.6 Å². The molecule has 6 rings (SSSR count). The Hall–Kier alpha value is -4.63. The summed E-state index contributed by atoms with van der Waals surface area (Å²) >= 11 is 6.11. The molecule has 2 aliphatic rings. The van der Waals surface area contributed by atoms with Crippen LogP contribution in [0.4, 0.5) is 5.69 Å². The van der Waals surface area contributed by atoms with Gasteiger partial charge in [0.25, 0.3) is 5.91 Å². The lowest BCUT2D eigenvalue weighted by Crippen LogP contribution is -2.55. The van der Waals surface area contributed by atoms with Gasteiger partial charge in [-0.1, -0.05) is 61.8 Å². The van der Waals surface area contributed by atoms with E-state index in [1.165, 1.54) is 6.07 Å². The Morgan fingerprint density at radius 2 is 1.66 bits per heavy atom. The summed E-state index contributed by atoms with van der Waals surface area (Å²) in [5, 5.41) is 3.85. The zero-order valence-corrected chi connectivity index (χ0v) is 27.5. The maximum absolute atomic E-state index is 14.0. The summed E-state index contributed by atoms with van der Waals surface area (Å²) in [6.07, 6.45) is 1.73. The number of rotatable bonds is 9. The molecule has 1 N–H and O–H groups in total. The zero-order valence-electron chi connectivity index (χ0n) is 26.7. The average molecular weight is 655 g/mol. The number of likely N-dealkylation sites (tertiary alicyclic amines) is 1. The van der Waals surface area contributed by atoms with Gasteiger partial charge in [-0.2, -0.15) is 0 Å². The van der Waals surface area contributed by atoms with Gasteiger partial charge < -0.3 is 24.4 Å². The number of carbonyl (C=O) groups is 3. The van der Waals surface area contributed by atoms with Crippen LogP contribution in [0.1, 0.15) is 59.9 Å². The number of nitrogens with one attached hydrogen (secondary N) is 1. The van der Waals surface area contributed by atoms with Gasteiger partial charge in [0.2, 0.25) is 11.8 Å². The number of nitrogens with zero attached hydrogens (tertiary/aromatic N) is 3. The predicted octanol–water partition coefficient (Wildman–Crippen LogP) is 5.38. The smallest absolute Gasteiger partial charge is 0.287 e. The maximum atomic E-state index is 14.0. The fraction of sp³-hybridized carbons (Fsp3) is 0.351. The number of piperazine rings is 1. The maximum Gasteiger partial charge on any atom is 0.287 e. The normalized spacial score (nSPS) is 15.8. The van der Waals surface area contributed by atoms with Gasteiger partial charge in [-0.3, -0.25) is 19.2 Å². The van der Waals surface area contributed by atoms with E-state index in [1.807, 2.05) is 49.1 Å². The molecule has 4 aromatic rings. The molecule has 0 aliphatic carbocycles.